The first-order valence-corrected chi connectivity index (χ1v) is 11.9. The molecule has 1 aromatic heterocycles. The van der Waals surface area contributed by atoms with Gasteiger partial charge >= 0.3 is 6.61 Å². The summed E-state index contributed by atoms with van der Waals surface area (Å²) in [6.45, 7) is 0.274. The second-order valence-corrected chi connectivity index (χ2v) is 9.40. The van der Waals surface area contributed by atoms with Crippen LogP contribution in [0.3, 0.4) is 0 Å². The maximum atomic E-state index is 12.9. The zero-order valence-corrected chi connectivity index (χ0v) is 19.5. The van der Waals surface area contributed by atoms with Gasteiger partial charge in [0, 0.05) is 31.1 Å². The highest BCUT2D eigenvalue weighted by molar-refractivity contribution is 7.17. The van der Waals surface area contributed by atoms with Gasteiger partial charge in [0.1, 0.15) is 10.8 Å². The third kappa shape index (κ3) is 4.90. The van der Waals surface area contributed by atoms with Crippen molar-refractivity contribution in [3.05, 3.63) is 45.8 Å². The lowest BCUT2D eigenvalue weighted by Crippen LogP contribution is -2.54. The van der Waals surface area contributed by atoms with E-state index in [0.717, 1.165) is 29.7 Å². The molecule has 3 N–H and O–H groups in total. The van der Waals surface area contributed by atoms with E-state index in [1.54, 1.807) is 17.9 Å². The van der Waals surface area contributed by atoms with Crippen LogP contribution in [-0.4, -0.2) is 66.4 Å². The molecule has 1 aliphatic heterocycles. The first-order valence-electron chi connectivity index (χ1n) is 11.1. The summed E-state index contributed by atoms with van der Waals surface area (Å²) in [4.78, 5) is 42.4. The Morgan fingerprint density at radius 3 is 2.50 bits per heavy atom. The number of halogens is 2. The molecule has 0 radical (unpaired) electrons. The molecule has 2 aliphatic rings. The number of primary amides is 1. The van der Waals surface area contributed by atoms with Gasteiger partial charge in [-0.15, -0.1) is 11.3 Å². The summed E-state index contributed by atoms with van der Waals surface area (Å²) in [6.07, 6.45) is 2.65. The molecule has 1 saturated heterocycles. The first kappa shape index (κ1) is 24.1. The molecule has 8 nitrogen and oxygen atoms in total. The third-order valence-corrected chi connectivity index (χ3v) is 7.47. The summed E-state index contributed by atoms with van der Waals surface area (Å²) in [6, 6.07) is 5.41. The van der Waals surface area contributed by atoms with Crippen molar-refractivity contribution in [1.29, 1.82) is 0 Å². The second-order valence-electron chi connectivity index (χ2n) is 8.29. The van der Waals surface area contributed by atoms with Crippen molar-refractivity contribution in [2.45, 2.75) is 38.8 Å². The number of thiophene rings is 1. The topological polar surface area (TPSA) is 105 Å². The molecule has 0 saturated carbocycles. The number of hydrogen-bond acceptors (Lipinski definition) is 6. The quantitative estimate of drug-likeness (QED) is 0.619. The van der Waals surface area contributed by atoms with E-state index in [1.165, 1.54) is 29.5 Å². The average Bonchev–Trinajstić information content (AvgIpc) is 3.39. The third-order valence-electron chi connectivity index (χ3n) is 6.27. The van der Waals surface area contributed by atoms with Gasteiger partial charge < -0.3 is 20.7 Å². The highest BCUT2D eigenvalue weighted by Crippen LogP contribution is 2.39. The lowest BCUT2D eigenvalue weighted by molar-refractivity contribution is -0.121. The van der Waals surface area contributed by atoms with E-state index in [1.807, 2.05) is 4.90 Å². The van der Waals surface area contributed by atoms with Crippen LogP contribution in [0.2, 0.25) is 0 Å². The van der Waals surface area contributed by atoms with Gasteiger partial charge in [-0.3, -0.25) is 19.3 Å². The van der Waals surface area contributed by atoms with Crippen LogP contribution in [0, 0.1) is 0 Å². The van der Waals surface area contributed by atoms with Crippen molar-refractivity contribution in [3.63, 3.8) is 0 Å². The van der Waals surface area contributed by atoms with Crippen LogP contribution in [0.25, 0.3) is 0 Å². The number of nitrogens with two attached hydrogens (primary N) is 1. The van der Waals surface area contributed by atoms with Gasteiger partial charge in [0.05, 0.1) is 17.2 Å². The van der Waals surface area contributed by atoms with E-state index in [4.69, 9.17) is 5.73 Å². The van der Waals surface area contributed by atoms with E-state index < -0.39 is 24.5 Å². The zero-order valence-electron chi connectivity index (χ0n) is 18.7. The van der Waals surface area contributed by atoms with Crippen LogP contribution in [0.1, 0.15) is 44.5 Å². The Morgan fingerprint density at radius 2 is 1.82 bits per heavy atom. The molecule has 0 spiro atoms. The number of carbonyl (C=O) groups excluding carboxylic acids is 3. The minimum atomic E-state index is -3.02. The van der Waals surface area contributed by atoms with Crippen molar-refractivity contribution in [2.75, 3.05) is 31.5 Å². The molecule has 182 valence electrons. The van der Waals surface area contributed by atoms with E-state index in [9.17, 15) is 23.2 Å². The van der Waals surface area contributed by atoms with E-state index >= 15 is 0 Å². The number of nitrogens with one attached hydrogen (secondary N) is 1. The van der Waals surface area contributed by atoms with Gasteiger partial charge in [-0.25, -0.2) is 0 Å². The lowest BCUT2D eigenvalue weighted by Gasteiger charge is -2.37. The number of alkyl halides is 2. The molecule has 34 heavy (non-hydrogen) atoms. The molecule has 1 aromatic carbocycles. The second kappa shape index (κ2) is 10.1. The number of carbonyl (C=O) groups is 3. The summed E-state index contributed by atoms with van der Waals surface area (Å²) in [7, 11) is 0. The van der Waals surface area contributed by atoms with Gasteiger partial charge in [0.2, 0.25) is 5.91 Å². The van der Waals surface area contributed by atoms with Crippen LogP contribution in [0.5, 0.6) is 5.75 Å². The Balaban J connectivity index is 1.37. The fourth-order valence-corrected chi connectivity index (χ4v) is 5.76. The van der Waals surface area contributed by atoms with Crippen molar-refractivity contribution < 1.29 is 27.9 Å². The van der Waals surface area contributed by atoms with E-state index in [-0.39, 0.29) is 17.2 Å². The minimum absolute atomic E-state index is 0.0757. The van der Waals surface area contributed by atoms with Crippen molar-refractivity contribution in [3.8, 4) is 5.75 Å². The molecule has 3 amide bonds. The SMILES string of the molecule is C[C@H](C(=O)Nc1sc2c(c1C(N)=O)CCC2)N1CCN(C(=O)c2ccccc2OC(F)F)CC1. The normalized spacial score (nSPS) is 16.9. The standard InChI is InChI=1S/C23H26F2N4O4S/c1-13(20(31)27-21-18(19(26)30)15-6-4-8-17(15)34-21)28-9-11-29(12-10-28)22(32)14-5-2-3-7-16(14)33-23(24)25/h2-3,5,7,13,23H,4,6,8-12H2,1H3,(H2,26,30)(H,27,31)/t13-/m1/s1. The molecule has 0 bridgehead atoms. The highest BCUT2D eigenvalue weighted by Gasteiger charge is 2.31. The van der Waals surface area contributed by atoms with Gasteiger partial charge in [0.25, 0.3) is 11.8 Å². The zero-order chi connectivity index (χ0) is 24.4. The molecule has 1 aliphatic carbocycles. The average molecular weight is 493 g/mol. The Hall–Kier alpha value is -3.05. The minimum Gasteiger partial charge on any atom is -0.434 e. The maximum Gasteiger partial charge on any atom is 0.387 e. The van der Waals surface area contributed by atoms with E-state index in [2.05, 4.69) is 10.1 Å². The van der Waals surface area contributed by atoms with Crippen LogP contribution in [0.15, 0.2) is 24.3 Å². The monoisotopic (exact) mass is 492 g/mol. The molecule has 4 rings (SSSR count). The molecule has 2 aromatic rings. The number of anilines is 1. The number of amides is 3. The molecular weight excluding hydrogens is 466 g/mol. The van der Waals surface area contributed by atoms with Crippen LogP contribution in [0.4, 0.5) is 13.8 Å². The summed E-state index contributed by atoms with van der Waals surface area (Å²) in [5.41, 5.74) is 7.01. The Kier molecular flexibility index (Phi) is 7.13. The summed E-state index contributed by atoms with van der Waals surface area (Å²) < 4.78 is 29.8. The van der Waals surface area contributed by atoms with Crippen molar-refractivity contribution >= 4 is 34.1 Å². The predicted molar refractivity (Wildman–Crippen MR) is 124 cm³/mol. The van der Waals surface area contributed by atoms with Crippen LogP contribution in [-0.2, 0) is 17.6 Å². The number of rotatable bonds is 7. The fraction of sp³-hybridized carbons (Fsp3) is 0.435. The molecule has 0 unspecified atom stereocenters. The van der Waals surface area contributed by atoms with Crippen LogP contribution < -0.4 is 15.8 Å². The number of benzene rings is 1. The van der Waals surface area contributed by atoms with Gasteiger partial charge in [-0.1, -0.05) is 12.1 Å². The van der Waals surface area contributed by atoms with Crippen molar-refractivity contribution in [1.82, 2.24) is 9.80 Å². The lowest BCUT2D eigenvalue weighted by atomic mass is 10.1. The maximum absolute atomic E-state index is 12.9. The molecule has 11 heteroatoms. The number of para-hydroxylation sites is 1. The Labute approximate surface area is 199 Å². The highest BCUT2D eigenvalue weighted by atomic mass is 32.1. The number of piperazine rings is 1. The molecular formula is C23H26F2N4O4S. The van der Waals surface area contributed by atoms with E-state index in [0.29, 0.717) is 36.7 Å². The van der Waals surface area contributed by atoms with Gasteiger partial charge in [-0.05, 0) is 43.9 Å². The van der Waals surface area contributed by atoms with Crippen molar-refractivity contribution in [2.24, 2.45) is 5.73 Å². The largest absolute Gasteiger partial charge is 0.434 e. The summed E-state index contributed by atoms with van der Waals surface area (Å²) in [5.74, 6) is -1.35. The molecule has 1 fully saturated rings. The first-order chi connectivity index (χ1) is 16.3. The Morgan fingerprint density at radius 1 is 1.12 bits per heavy atom. The van der Waals surface area contributed by atoms with Gasteiger partial charge in [0.15, 0.2) is 0 Å². The summed E-state index contributed by atoms with van der Waals surface area (Å²) >= 11 is 1.41. The number of fused-ring (bicyclic) bond motifs is 1. The Bertz CT molecular complexity index is 1100. The number of hydrogen-bond donors (Lipinski definition) is 2. The fourth-order valence-electron chi connectivity index (χ4n) is 4.46. The number of nitrogens with zero attached hydrogens (tertiary/aromatic N) is 2. The van der Waals surface area contributed by atoms with Crippen LogP contribution >= 0.6 is 11.3 Å². The number of aryl methyl sites for hydroxylation is 1. The number of ether oxygens (including phenoxy) is 1. The predicted octanol–water partition coefficient (Wildman–Crippen LogP) is 2.72. The molecule has 2 heterocycles. The van der Waals surface area contributed by atoms with Gasteiger partial charge in [-0.2, -0.15) is 8.78 Å². The molecule has 1 atom stereocenters. The summed E-state index contributed by atoms with van der Waals surface area (Å²) in [5, 5.41) is 3.37. The smallest absolute Gasteiger partial charge is 0.387 e.